The van der Waals surface area contributed by atoms with E-state index in [1.54, 1.807) is 18.2 Å². The van der Waals surface area contributed by atoms with Crippen molar-refractivity contribution in [2.24, 2.45) is 0 Å². The Morgan fingerprint density at radius 3 is 2.00 bits per heavy atom. The molecular weight excluding hydrogens is 300 g/mol. The van der Waals surface area contributed by atoms with E-state index in [-0.39, 0.29) is 5.56 Å². The number of hydrogen-bond acceptors (Lipinski definition) is 4. The highest BCUT2D eigenvalue weighted by molar-refractivity contribution is 6.05. The maximum absolute atomic E-state index is 12.1. The van der Waals surface area contributed by atoms with Crippen LogP contribution in [-0.4, -0.2) is 33.7 Å². The number of carboxylic acids is 2. The van der Waals surface area contributed by atoms with Crippen molar-refractivity contribution in [3.05, 3.63) is 47.5 Å². The highest BCUT2D eigenvalue weighted by atomic mass is 16.6. The molecule has 0 amide bonds. The quantitative estimate of drug-likeness (QED) is 0.434. The summed E-state index contributed by atoms with van der Waals surface area (Å²) in [7, 11) is 0. The highest BCUT2D eigenvalue weighted by Gasteiger charge is 2.50. The molecule has 0 aliphatic heterocycles. The first-order valence-corrected chi connectivity index (χ1v) is 7.30. The predicted molar refractivity (Wildman–Crippen MR) is 83.1 cm³/mol. The fourth-order valence-electron chi connectivity index (χ4n) is 2.01. The lowest BCUT2D eigenvalue weighted by atomic mass is 9.96. The van der Waals surface area contributed by atoms with E-state index in [4.69, 9.17) is 4.74 Å². The molecule has 0 atom stereocenters. The van der Waals surface area contributed by atoms with Gasteiger partial charge >= 0.3 is 23.5 Å². The van der Waals surface area contributed by atoms with Gasteiger partial charge in [-0.1, -0.05) is 43.7 Å². The summed E-state index contributed by atoms with van der Waals surface area (Å²) in [6, 6.07) is 7.68. The molecule has 6 heteroatoms. The summed E-state index contributed by atoms with van der Waals surface area (Å²) >= 11 is 0. The smallest absolute Gasteiger partial charge is 0.360 e. The van der Waals surface area contributed by atoms with Gasteiger partial charge in [0.15, 0.2) is 0 Å². The minimum absolute atomic E-state index is 0.0922. The number of rotatable bonds is 8. The van der Waals surface area contributed by atoms with Crippen LogP contribution in [0.5, 0.6) is 0 Å². The van der Waals surface area contributed by atoms with E-state index >= 15 is 0 Å². The molecule has 2 N–H and O–H groups in total. The zero-order valence-electron chi connectivity index (χ0n) is 13.1. The van der Waals surface area contributed by atoms with Crippen LogP contribution in [0.1, 0.15) is 43.5 Å². The number of carbonyl (C=O) groups excluding carboxylic acids is 1. The summed E-state index contributed by atoms with van der Waals surface area (Å²) in [4.78, 5) is 35.1. The number of aliphatic carboxylic acids is 2. The second kappa shape index (κ2) is 8.12. The molecule has 0 aliphatic carbocycles. The number of benzene rings is 1. The first-order valence-electron chi connectivity index (χ1n) is 7.30. The molecule has 1 rings (SSSR count). The fraction of sp³-hybridized carbons (Fsp3) is 0.353. The minimum Gasteiger partial charge on any atom is -0.478 e. The summed E-state index contributed by atoms with van der Waals surface area (Å²) in [6.45, 7) is 3.77. The van der Waals surface area contributed by atoms with Crippen LogP contribution in [0.4, 0.5) is 0 Å². The van der Waals surface area contributed by atoms with E-state index in [1.165, 1.54) is 18.2 Å². The Morgan fingerprint density at radius 1 is 1.04 bits per heavy atom. The van der Waals surface area contributed by atoms with Crippen LogP contribution in [0, 0.1) is 0 Å². The SMILES string of the molecule is CCC(=CCC(OC(=O)c1ccccc1)(C(=O)O)C(=O)O)CC. The van der Waals surface area contributed by atoms with Gasteiger partial charge in [0.25, 0.3) is 0 Å². The Labute approximate surface area is 134 Å². The van der Waals surface area contributed by atoms with Gasteiger partial charge in [0.05, 0.1) is 5.56 Å². The molecule has 0 aliphatic rings. The Balaban J connectivity index is 3.14. The summed E-state index contributed by atoms with van der Waals surface area (Å²) < 4.78 is 4.90. The first-order chi connectivity index (χ1) is 10.9. The van der Waals surface area contributed by atoms with Crippen LogP contribution in [0.2, 0.25) is 0 Å². The molecule has 6 nitrogen and oxygen atoms in total. The molecule has 0 radical (unpaired) electrons. The van der Waals surface area contributed by atoms with Gasteiger partial charge < -0.3 is 14.9 Å². The van der Waals surface area contributed by atoms with Crippen LogP contribution in [0.15, 0.2) is 42.0 Å². The number of allylic oxidation sites excluding steroid dienone is 1. The van der Waals surface area contributed by atoms with Crippen LogP contribution in [-0.2, 0) is 14.3 Å². The number of ether oxygens (including phenoxy) is 1. The van der Waals surface area contributed by atoms with Gasteiger partial charge in [0, 0.05) is 6.42 Å². The maximum Gasteiger partial charge on any atom is 0.360 e. The maximum atomic E-state index is 12.1. The third-order valence-electron chi connectivity index (χ3n) is 3.55. The second-order valence-corrected chi connectivity index (χ2v) is 4.97. The van der Waals surface area contributed by atoms with E-state index in [1.807, 2.05) is 13.8 Å². The van der Waals surface area contributed by atoms with Gasteiger partial charge in [-0.15, -0.1) is 0 Å². The van der Waals surface area contributed by atoms with Gasteiger partial charge in [0.1, 0.15) is 0 Å². The first kappa shape index (κ1) is 18.4. The minimum atomic E-state index is -2.64. The summed E-state index contributed by atoms with van der Waals surface area (Å²) in [6.07, 6.45) is 2.42. The number of hydrogen-bond donors (Lipinski definition) is 2. The molecule has 124 valence electrons. The highest BCUT2D eigenvalue weighted by Crippen LogP contribution is 2.23. The number of esters is 1. The molecule has 23 heavy (non-hydrogen) atoms. The largest absolute Gasteiger partial charge is 0.478 e. The van der Waals surface area contributed by atoms with E-state index in [9.17, 15) is 24.6 Å². The third kappa shape index (κ3) is 4.42. The van der Waals surface area contributed by atoms with E-state index < -0.39 is 29.9 Å². The van der Waals surface area contributed by atoms with Crippen molar-refractivity contribution in [1.29, 1.82) is 0 Å². The average Bonchev–Trinajstić information content (AvgIpc) is 2.54. The molecule has 1 aromatic rings. The van der Waals surface area contributed by atoms with Gasteiger partial charge in [-0.25, -0.2) is 14.4 Å². The molecule has 0 aromatic heterocycles. The van der Waals surface area contributed by atoms with Crippen molar-refractivity contribution in [3.8, 4) is 0 Å². The Bertz CT molecular complexity index is 583. The van der Waals surface area contributed by atoms with Crippen LogP contribution < -0.4 is 0 Å². The van der Waals surface area contributed by atoms with E-state index in [0.29, 0.717) is 12.8 Å². The Hall–Kier alpha value is -2.63. The Kier molecular flexibility index (Phi) is 6.50. The molecule has 0 saturated heterocycles. The molecule has 0 spiro atoms. The van der Waals surface area contributed by atoms with E-state index in [2.05, 4.69) is 0 Å². The van der Waals surface area contributed by atoms with Gasteiger partial charge in [-0.3, -0.25) is 0 Å². The standard InChI is InChI=1S/C17H20O6/c1-3-12(4-2)10-11-17(15(19)20,16(21)22)23-14(18)13-8-6-5-7-9-13/h5-10H,3-4,11H2,1-2H3,(H,19,20)(H,21,22). The zero-order chi connectivity index (χ0) is 17.5. The van der Waals surface area contributed by atoms with Crippen LogP contribution in [0.3, 0.4) is 0 Å². The summed E-state index contributed by atoms with van der Waals surface area (Å²) in [5.41, 5.74) is -1.65. The van der Waals surface area contributed by atoms with Gasteiger partial charge in [0.2, 0.25) is 0 Å². The Morgan fingerprint density at radius 2 is 1.57 bits per heavy atom. The topological polar surface area (TPSA) is 101 Å². The lowest BCUT2D eigenvalue weighted by Gasteiger charge is -2.24. The lowest BCUT2D eigenvalue weighted by molar-refractivity contribution is -0.176. The molecule has 0 heterocycles. The van der Waals surface area contributed by atoms with Crippen molar-refractivity contribution >= 4 is 17.9 Å². The summed E-state index contributed by atoms with van der Waals surface area (Å²) in [5.74, 6) is -4.41. The molecule has 0 bridgehead atoms. The van der Waals surface area contributed by atoms with Crippen molar-refractivity contribution in [1.82, 2.24) is 0 Å². The van der Waals surface area contributed by atoms with Crippen molar-refractivity contribution < 1.29 is 29.3 Å². The van der Waals surface area contributed by atoms with Gasteiger partial charge in [-0.2, -0.15) is 0 Å². The average molecular weight is 320 g/mol. The lowest BCUT2D eigenvalue weighted by Crippen LogP contribution is -2.50. The third-order valence-corrected chi connectivity index (χ3v) is 3.55. The summed E-state index contributed by atoms with van der Waals surface area (Å²) in [5, 5.41) is 18.7. The molecule has 0 unspecified atom stereocenters. The molecule has 0 fully saturated rings. The van der Waals surface area contributed by atoms with Crippen molar-refractivity contribution in [2.75, 3.05) is 0 Å². The van der Waals surface area contributed by atoms with Crippen LogP contribution >= 0.6 is 0 Å². The van der Waals surface area contributed by atoms with Crippen molar-refractivity contribution in [2.45, 2.75) is 38.7 Å². The number of carboxylic acid groups (broad SMARTS) is 2. The normalized spacial score (nSPS) is 10.7. The second-order valence-electron chi connectivity index (χ2n) is 4.97. The molecular formula is C17H20O6. The number of carbonyl (C=O) groups is 3. The monoisotopic (exact) mass is 320 g/mol. The van der Waals surface area contributed by atoms with E-state index in [0.717, 1.165) is 5.57 Å². The predicted octanol–water partition coefficient (Wildman–Crippen LogP) is 2.89. The molecule has 1 aromatic carbocycles. The zero-order valence-corrected chi connectivity index (χ0v) is 13.1. The van der Waals surface area contributed by atoms with Crippen LogP contribution in [0.25, 0.3) is 0 Å². The van der Waals surface area contributed by atoms with Crippen molar-refractivity contribution in [3.63, 3.8) is 0 Å². The fourth-order valence-corrected chi connectivity index (χ4v) is 2.01. The van der Waals surface area contributed by atoms with Gasteiger partial charge in [-0.05, 0) is 25.0 Å². The molecule has 0 saturated carbocycles.